The highest BCUT2D eigenvalue weighted by molar-refractivity contribution is 6.01. The van der Waals surface area contributed by atoms with Crippen molar-refractivity contribution in [2.45, 2.75) is 19.8 Å². The molecule has 0 aromatic heterocycles. The standard InChI is InChI=1S/C23H23N3O7/c1-3-4-11-25-23(28)17(14-24)12-16-5-10-20(21(13-16)31-2)33-22(27)15-32-19-8-6-18(7-9-19)26(29)30/h5-10,12-13H,3-4,11,15H2,1-2H3,(H,25,28)/b17-12+. The lowest BCUT2D eigenvalue weighted by Crippen LogP contribution is -2.25. The lowest BCUT2D eigenvalue weighted by Gasteiger charge is -2.11. The Morgan fingerprint density at radius 2 is 1.91 bits per heavy atom. The zero-order valence-corrected chi connectivity index (χ0v) is 18.2. The van der Waals surface area contributed by atoms with Crippen molar-refractivity contribution in [3.63, 3.8) is 0 Å². The average Bonchev–Trinajstić information content (AvgIpc) is 2.82. The minimum absolute atomic E-state index is 0.0607. The summed E-state index contributed by atoms with van der Waals surface area (Å²) in [5, 5.41) is 22.6. The number of nitro groups is 1. The molecule has 33 heavy (non-hydrogen) atoms. The molecule has 0 atom stereocenters. The smallest absolute Gasteiger partial charge is 0.349 e. The zero-order chi connectivity index (χ0) is 24.2. The Kier molecular flexibility index (Phi) is 9.39. The number of benzene rings is 2. The summed E-state index contributed by atoms with van der Waals surface area (Å²) < 4.78 is 15.8. The number of carbonyl (C=O) groups excluding carboxylic acids is 2. The molecule has 10 nitrogen and oxygen atoms in total. The molecule has 0 saturated heterocycles. The average molecular weight is 453 g/mol. The monoisotopic (exact) mass is 453 g/mol. The van der Waals surface area contributed by atoms with Crippen molar-refractivity contribution >= 4 is 23.6 Å². The highest BCUT2D eigenvalue weighted by Gasteiger charge is 2.14. The number of amides is 1. The van der Waals surface area contributed by atoms with Crippen LogP contribution in [0.1, 0.15) is 25.3 Å². The SMILES string of the molecule is CCCCNC(=O)/C(C#N)=C/c1ccc(OC(=O)COc2ccc([N+](=O)[O-])cc2)c(OC)c1. The summed E-state index contributed by atoms with van der Waals surface area (Å²) in [6.07, 6.45) is 3.14. The minimum Gasteiger partial charge on any atom is -0.493 e. The number of nitrogens with one attached hydrogen (secondary N) is 1. The molecule has 172 valence electrons. The van der Waals surface area contributed by atoms with Gasteiger partial charge in [0.1, 0.15) is 17.4 Å². The molecule has 0 fully saturated rings. The summed E-state index contributed by atoms with van der Waals surface area (Å²) >= 11 is 0. The van der Waals surface area contributed by atoms with Gasteiger partial charge in [-0.3, -0.25) is 14.9 Å². The number of ether oxygens (including phenoxy) is 3. The second-order valence-electron chi connectivity index (χ2n) is 6.70. The van der Waals surface area contributed by atoms with Gasteiger partial charge < -0.3 is 19.5 Å². The summed E-state index contributed by atoms with van der Waals surface area (Å²) in [6, 6.07) is 11.7. The Morgan fingerprint density at radius 3 is 2.52 bits per heavy atom. The molecule has 0 bridgehead atoms. The van der Waals surface area contributed by atoms with Crippen LogP contribution in [0.15, 0.2) is 48.0 Å². The van der Waals surface area contributed by atoms with Crippen LogP contribution in [0.3, 0.4) is 0 Å². The molecule has 2 aromatic rings. The first-order chi connectivity index (χ1) is 15.9. The molecule has 10 heteroatoms. The number of nitro benzene ring substituents is 1. The van der Waals surface area contributed by atoms with E-state index in [1.54, 1.807) is 6.07 Å². The van der Waals surface area contributed by atoms with E-state index in [4.69, 9.17) is 14.2 Å². The Balaban J connectivity index is 2.03. The normalized spacial score (nSPS) is 10.6. The fourth-order valence-corrected chi connectivity index (χ4v) is 2.61. The van der Waals surface area contributed by atoms with Crippen molar-refractivity contribution in [3.8, 4) is 23.3 Å². The van der Waals surface area contributed by atoms with Gasteiger partial charge in [0.25, 0.3) is 11.6 Å². The second kappa shape index (κ2) is 12.5. The molecule has 0 spiro atoms. The van der Waals surface area contributed by atoms with Crippen LogP contribution in [0.5, 0.6) is 17.2 Å². The molecule has 0 aliphatic rings. The zero-order valence-electron chi connectivity index (χ0n) is 18.2. The number of hydrogen-bond acceptors (Lipinski definition) is 8. The quantitative estimate of drug-likeness (QED) is 0.104. The van der Waals surface area contributed by atoms with E-state index in [0.717, 1.165) is 12.8 Å². The van der Waals surface area contributed by atoms with Crippen LogP contribution in [0.25, 0.3) is 6.08 Å². The topological polar surface area (TPSA) is 141 Å². The van der Waals surface area contributed by atoms with Crippen LogP contribution >= 0.6 is 0 Å². The van der Waals surface area contributed by atoms with Crippen LogP contribution in [0.2, 0.25) is 0 Å². The molecule has 2 aromatic carbocycles. The molecular weight excluding hydrogens is 430 g/mol. The molecule has 0 aliphatic carbocycles. The number of hydrogen-bond donors (Lipinski definition) is 1. The van der Waals surface area contributed by atoms with Crippen LogP contribution in [-0.2, 0) is 9.59 Å². The lowest BCUT2D eigenvalue weighted by molar-refractivity contribution is -0.384. The predicted octanol–water partition coefficient (Wildman–Crippen LogP) is 3.41. The third-order valence-corrected chi connectivity index (χ3v) is 4.31. The van der Waals surface area contributed by atoms with E-state index >= 15 is 0 Å². The van der Waals surface area contributed by atoms with Gasteiger partial charge in [-0.05, 0) is 42.3 Å². The van der Waals surface area contributed by atoms with E-state index in [2.05, 4.69) is 5.32 Å². The van der Waals surface area contributed by atoms with Crippen molar-refractivity contribution in [3.05, 3.63) is 63.7 Å². The number of esters is 1. The molecule has 2 rings (SSSR count). The van der Waals surface area contributed by atoms with Gasteiger partial charge in [0.15, 0.2) is 18.1 Å². The van der Waals surface area contributed by atoms with Crippen LogP contribution in [0, 0.1) is 21.4 Å². The van der Waals surface area contributed by atoms with Crippen molar-refractivity contribution in [1.29, 1.82) is 5.26 Å². The highest BCUT2D eigenvalue weighted by Crippen LogP contribution is 2.29. The van der Waals surface area contributed by atoms with Crippen LogP contribution in [0.4, 0.5) is 5.69 Å². The van der Waals surface area contributed by atoms with E-state index in [1.807, 2.05) is 13.0 Å². The van der Waals surface area contributed by atoms with Gasteiger partial charge in [-0.2, -0.15) is 5.26 Å². The summed E-state index contributed by atoms with van der Waals surface area (Å²) in [4.78, 5) is 34.4. The van der Waals surface area contributed by atoms with E-state index in [0.29, 0.717) is 12.1 Å². The van der Waals surface area contributed by atoms with Gasteiger partial charge in [0.05, 0.1) is 12.0 Å². The molecule has 0 unspecified atom stereocenters. The maximum absolute atomic E-state index is 12.1. The molecule has 1 amide bonds. The van der Waals surface area contributed by atoms with Crippen molar-refractivity contribution in [1.82, 2.24) is 5.32 Å². The third kappa shape index (κ3) is 7.66. The number of non-ortho nitro benzene ring substituents is 1. The fraction of sp³-hybridized carbons (Fsp3) is 0.261. The Morgan fingerprint density at radius 1 is 1.18 bits per heavy atom. The maximum atomic E-state index is 12.1. The first-order valence-electron chi connectivity index (χ1n) is 10.0. The third-order valence-electron chi connectivity index (χ3n) is 4.31. The maximum Gasteiger partial charge on any atom is 0.349 e. The molecule has 0 radical (unpaired) electrons. The predicted molar refractivity (Wildman–Crippen MR) is 119 cm³/mol. The van der Waals surface area contributed by atoms with Gasteiger partial charge in [-0.1, -0.05) is 19.4 Å². The first kappa shape index (κ1) is 24.9. The van der Waals surface area contributed by atoms with Gasteiger partial charge in [0.2, 0.25) is 0 Å². The molecule has 1 N–H and O–H groups in total. The Bertz CT molecular complexity index is 1070. The number of nitriles is 1. The summed E-state index contributed by atoms with van der Waals surface area (Å²) in [5.41, 5.74) is 0.354. The van der Waals surface area contributed by atoms with Gasteiger partial charge >= 0.3 is 5.97 Å². The Labute approximate surface area is 190 Å². The first-order valence-corrected chi connectivity index (χ1v) is 10.0. The molecule has 0 saturated carbocycles. The van der Waals surface area contributed by atoms with Crippen molar-refractivity contribution in [2.75, 3.05) is 20.3 Å². The Hall–Kier alpha value is -4.39. The fourth-order valence-electron chi connectivity index (χ4n) is 2.61. The highest BCUT2D eigenvalue weighted by atomic mass is 16.6. The number of rotatable bonds is 11. The summed E-state index contributed by atoms with van der Waals surface area (Å²) in [6.45, 7) is 2.04. The lowest BCUT2D eigenvalue weighted by atomic mass is 10.1. The van der Waals surface area contributed by atoms with Gasteiger partial charge in [-0.25, -0.2) is 4.79 Å². The van der Waals surface area contributed by atoms with Crippen LogP contribution < -0.4 is 19.5 Å². The largest absolute Gasteiger partial charge is 0.493 e. The van der Waals surface area contributed by atoms with Crippen molar-refractivity contribution in [2.24, 2.45) is 0 Å². The minimum atomic E-state index is -0.719. The number of carbonyl (C=O) groups is 2. The van der Waals surface area contributed by atoms with E-state index < -0.39 is 23.4 Å². The van der Waals surface area contributed by atoms with Gasteiger partial charge in [-0.15, -0.1) is 0 Å². The van der Waals surface area contributed by atoms with Crippen molar-refractivity contribution < 1.29 is 28.7 Å². The van der Waals surface area contributed by atoms with E-state index in [1.165, 1.54) is 49.6 Å². The van der Waals surface area contributed by atoms with Crippen LogP contribution in [-0.4, -0.2) is 37.1 Å². The second-order valence-corrected chi connectivity index (χ2v) is 6.70. The van der Waals surface area contributed by atoms with E-state index in [-0.39, 0.29) is 28.5 Å². The number of nitrogens with zero attached hydrogens (tertiary/aromatic N) is 2. The molecular formula is C23H23N3O7. The summed E-state index contributed by atoms with van der Waals surface area (Å²) in [7, 11) is 1.39. The summed E-state index contributed by atoms with van der Waals surface area (Å²) in [5.74, 6) is -0.577. The number of methoxy groups -OCH3 is 1. The number of unbranched alkanes of at least 4 members (excludes halogenated alkanes) is 1. The van der Waals surface area contributed by atoms with Gasteiger partial charge in [0, 0.05) is 18.7 Å². The molecule has 0 aliphatic heterocycles. The molecule has 0 heterocycles. The van der Waals surface area contributed by atoms with E-state index in [9.17, 15) is 25.0 Å².